The van der Waals surface area contributed by atoms with Crippen molar-refractivity contribution in [3.8, 4) is 0 Å². The van der Waals surface area contributed by atoms with E-state index in [0.29, 0.717) is 38.4 Å². The fraction of sp³-hybridized carbons (Fsp3) is 0.600. The van der Waals surface area contributed by atoms with Gasteiger partial charge >= 0.3 is 5.97 Å². The predicted molar refractivity (Wildman–Crippen MR) is 105 cm³/mol. The van der Waals surface area contributed by atoms with Crippen molar-refractivity contribution in [2.75, 3.05) is 43.4 Å². The zero-order chi connectivity index (χ0) is 19.8. The van der Waals surface area contributed by atoms with Gasteiger partial charge in [0.05, 0.1) is 18.0 Å². The van der Waals surface area contributed by atoms with Crippen LogP contribution in [-0.4, -0.2) is 60.6 Å². The molecule has 1 aromatic rings. The number of carbonyl (C=O) groups excluding carboxylic acids is 2. The molecule has 3 rings (SSSR count). The molecule has 0 radical (unpaired) electrons. The summed E-state index contributed by atoms with van der Waals surface area (Å²) in [7, 11) is 0. The zero-order valence-electron chi connectivity index (χ0n) is 16.7. The summed E-state index contributed by atoms with van der Waals surface area (Å²) in [6.07, 6.45) is 0.869. The van der Waals surface area contributed by atoms with Crippen LogP contribution in [0.1, 0.15) is 33.3 Å². The Labute approximate surface area is 161 Å². The second-order valence-corrected chi connectivity index (χ2v) is 8.54. The molecule has 0 bridgehead atoms. The molecule has 0 spiro atoms. The van der Waals surface area contributed by atoms with Crippen LogP contribution in [0.15, 0.2) is 18.2 Å². The molecule has 148 valence electrons. The molecule has 7 nitrogen and oxygen atoms in total. The Morgan fingerprint density at radius 2 is 1.96 bits per heavy atom. The minimum atomic E-state index is -0.530. The van der Waals surface area contributed by atoms with Crippen LogP contribution in [-0.2, 0) is 20.8 Å². The second kappa shape index (κ2) is 7.48. The number of hydrogen-bond acceptors (Lipinski definition) is 6. The minimum Gasteiger partial charge on any atom is -0.399 e. The Kier molecular flexibility index (Phi) is 5.44. The van der Waals surface area contributed by atoms with E-state index in [-0.39, 0.29) is 17.9 Å². The highest BCUT2D eigenvalue weighted by atomic mass is 16.7. The van der Waals surface area contributed by atoms with Gasteiger partial charge in [0.2, 0.25) is 5.91 Å². The summed E-state index contributed by atoms with van der Waals surface area (Å²) in [4.78, 5) is 34.4. The van der Waals surface area contributed by atoms with Gasteiger partial charge in [-0.25, -0.2) is 4.79 Å². The summed E-state index contributed by atoms with van der Waals surface area (Å²) in [5.41, 5.74) is 8.14. The first-order chi connectivity index (χ1) is 12.6. The molecule has 0 saturated carbocycles. The first kappa shape index (κ1) is 19.6. The van der Waals surface area contributed by atoms with Gasteiger partial charge in [0.25, 0.3) is 0 Å². The Balaban J connectivity index is 1.56. The topological polar surface area (TPSA) is 79.1 Å². The monoisotopic (exact) mass is 374 g/mol. The van der Waals surface area contributed by atoms with Crippen LogP contribution in [0.4, 0.5) is 11.4 Å². The van der Waals surface area contributed by atoms with Crippen molar-refractivity contribution in [1.29, 1.82) is 0 Å². The van der Waals surface area contributed by atoms with Gasteiger partial charge in [-0.2, -0.15) is 0 Å². The van der Waals surface area contributed by atoms with E-state index in [0.717, 1.165) is 12.1 Å². The van der Waals surface area contributed by atoms with Gasteiger partial charge in [0.15, 0.2) is 0 Å². The third-order valence-electron chi connectivity index (χ3n) is 5.13. The van der Waals surface area contributed by atoms with Crippen molar-refractivity contribution in [3.05, 3.63) is 23.8 Å². The van der Waals surface area contributed by atoms with Gasteiger partial charge in [-0.1, -0.05) is 6.07 Å². The molecule has 0 unspecified atom stereocenters. The van der Waals surface area contributed by atoms with Crippen molar-refractivity contribution in [1.82, 2.24) is 9.96 Å². The number of nitrogens with zero attached hydrogens (tertiary/aromatic N) is 3. The van der Waals surface area contributed by atoms with Crippen molar-refractivity contribution >= 4 is 23.3 Å². The molecule has 1 aromatic carbocycles. The molecule has 7 heteroatoms. The number of piperazine rings is 1. The first-order valence-corrected chi connectivity index (χ1v) is 9.55. The molecule has 2 aliphatic heterocycles. The Bertz CT molecular complexity index is 728. The molecule has 0 aromatic heterocycles. The molecule has 0 aliphatic carbocycles. The maximum absolute atomic E-state index is 12.8. The van der Waals surface area contributed by atoms with Crippen LogP contribution in [0.25, 0.3) is 0 Å². The van der Waals surface area contributed by atoms with Crippen LogP contribution < -0.4 is 10.6 Å². The second-order valence-electron chi connectivity index (χ2n) is 8.54. The number of nitrogens with two attached hydrogens (primary N) is 1. The Hall–Kier alpha value is -2.12. The summed E-state index contributed by atoms with van der Waals surface area (Å²) < 4.78 is 0. The fourth-order valence-corrected chi connectivity index (χ4v) is 3.47. The SMILES string of the molecule is C[C@@H]1CN(CC(=O)N2CCc3ccc(N)cc32)CCN1OC(=O)C(C)(C)C. The summed E-state index contributed by atoms with van der Waals surface area (Å²) in [5.74, 6) is -0.142. The maximum atomic E-state index is 12.8. The van der Waals surface area contributed by atoms with Gasteiger partial charge < -0.3 is 15.5 Å². The highest BCUT2D eigenvalue weighted by Gasteiger charge is 2.33. The average Bonchev–Trinajstić information content (AvgIpc) is 2.99. The summed E-state index contributed by atoms with van der Waals surface area (Å²) >= 11 is 0. The van der Waals surface area contributed by atoms with E-state index in [1.54, 1.807) is 5.06 Å². The van der Waals surface area contributed by atoms with Crippen LogP contribution >= 0.6 is 0 Å². The van der Waals surface area contributed by atoms with E-state index in [4.69, 9.17) is 10.6 Å². The molecule has 2 N–H and O–H groups in total. The third-order valence-corrected chi connectivity index (χ3v) is 5.13. The normalized spacial score (nSPS) is 21.2. The third kappa shape index (κ3) is 4.42. The summed E-state index contributed by atoms with van der Waals surface area (Å²) in [6.45, 7) is 10.6. The predicted octanol–water partition coefficient (Wildman–Crippen LogP) is 1.67. The summed E-state index contributed by atoms with van der Waals surface area (Å²) in [6, 6.07) is 5.81. The smallest absolute Gasteiger partial charge is 0.330 e. The van der Waals surface area contributed by atoms with Crippen LogP contribution in [0.5, 0.6) is 0 Å². The molecule has 1 atom stereocenters. The number of carbonyl (C=O) groups is 2. The lowest BCUT2D eigenvalue weighted by Crippen LogP contribution is -2.55. The number of anilines is 2. The lowest BCUT2D eigenvalue weighted by molar-refractivity contribution is -0.219. The standard InChI is InChI=1S/C20H30N4O3/c1-14-12-22(9-10-24(14)27-19(26)20(2,3)4)13-18(25)23-8-7-15-5-6-16(21)11-17(15)23/h5-6,11,14H,7-10,12-13,21H2,1-4H3/t14-/m1/s1. The van der Waals surface area contributed by atoms with Gasteiger partial charge in [0.1, 0.15) is 0 Å². The highest BCUT2D eigenvalue weighted by molar-refractivity contribution is 5.97. The van der Waals surface area contributed by atoms with Crippen molar-refractivity contribution in [2.45, 2.75) is 40.2 Å². The number of hydrogen-bond donors (Lipinski definition) is 1. The molecule has 2 aliphatic rings. The van der Waals surface area contributed by atoms with Gasteiger partial charge in [-0.05, 0) is 51.8 Å². The van der Waals surface area contributed by atoms with E-state index < -0.39 is 5.41 Å². The lowest BCUT2D eigenvalue weighted by Gasteiger charge is -2.39. The number of nitrogen functional groups attached to an aromatic ring is 1. The lowest BCUT2D eigenvalue weighted by atomic mass is 9.98. The van der Waals surface area contributed by atoms with Gasteiger partial charge in [-0.3, -0.25) is 9.69 Å². The fourth-order valence-electron chi connectivity index (χ4n) is 3.47. The number of amides is 1. The Morgan fingerprint density at radius 3 is 2.63 bits per heavy atom. The molecular formula is C20H30N4O3. The number of hydroxylamine groups is 2. The van der Waals surface area contributed by atoms with E-state index in [1.165, 1.54) is 5.56 Å². The van der Waals surface area contributed by atoms with E-state index in [1.807, 2.05) is 50.8 Å². The van der Waals surface area contributed by atoms with E-state index in [2.05, 4.69) is 4.90 Å². The number of benzene rings is 1. The molecule has 2 heterocycles. The highest BCUT2D eigenvalue weighted by Crippen LogP contribution is 2.30. The van der Waals surface area contributed by atoms with E-state index >= 15 is 0 Å². The molecular weight excluding hydrogens is 344 g/mol. The molecule has 1 amide bonds. The summed E-state index contributed by atoms with van der Waals surface area (Å²) in [5, 5.41) is 1.74. The quantitative estimate of drug-likeness (QED) is 0.811. The van der Waals surface area contributed by atoms with Crippen molar-refractivity contribution < 1.29 is 14.4 Å². The average molecular weight is 374 g/mol. The first-order valence-electron chi connectivity index (χ1n) is 9.55. The van der Waals surface area contributed by atoms with Crippen molar-refractivity contribution in [3.63, 3.8) is 0 Å². The van der Waals surface area contributed by atoms with Crippen LogP contribution in [0.3, 0.4) is 0 Å². The Morgan fingerprint density at radius 1 is 1.22 bits per heavy atom. The molecule has 1 saturated heterocycles. The largest absolute Gasteiger partial charge is 0.399 e. The number of rotatable bonds is 3. The van der Waals surface area contributed by atoms with Gasteiger partial charge in [-0.15, -0.1) is 5.06 Å². The number of fused-ring (bicyclic) bond motifs is 1. The van der Waals surface area contributed by atoms with Crippen LogP contribution in [0, 0.1) is 5.41 Å². The zero-order valence-corrected chi connectivity index (χ0v) is 16.7. The van der Waals surface area contributed by atoms with Crippen molar-refractivity contribution in [2.24, 2.45) is 5.41 Å². The minimum absolute atomic E-state index is 0.0411. The van der Waals surface area contributed by atoms with Gasteiger partial charge in [0, 0.05) is 37.6 Å². The van der Waals surface area contributed by atoms with E-state index in [9.17, 15) is 9.59 Å². The maximum Gasteiger partial charge on any atom is 0.330 e. The molecule has 1 fully saturated rings. The molecule has 27 heavy (non-hydrogen) atoms. The van der Waals surface area contributed by atoms with Crippen LogP contribution in [0.2, 0.25) is 0 Å².